The maximum atomic E-state index is 13.1. The molecule has 4 heterocycles. The van der Waals surface area contributed by atoms with E-state index >= 15 is 0 Å². The fraction of sp³-hybridized carbons (Fsp3) is 0.333. The van der Waals surface area contributed by atoms with Crippen LogP contribution >= 0.6 is 0 Å². The van der Waals surface area contributed by atoms with Gasteiger partial charge in [-0.15, -0.1) is 0 Å². The first-order valence-corrected chi connectivity index (χ1v) is 12.8. The molecule has 0 aliphatic carbocycles. The molecule has 2 saturated heterocycles. The molecule has 2 aromatic heterocycles. The van der Waals surface area contributed by atoms with Crippen LogP contribution in [-0.2, 0) is 20.2 Å². The van der Waals surface area contributed by atoms with E-state index in [1.807, 2.05) is 17.0 Å². The Kier molecular flexibility index (Phi) is 6.58. The van der Waals surface area contributed by atoms with E-state index in [0.717, 1.165) is 11.1 Å². The van der Waals surface area contributed by atoms with Crippen LogP contribution in [0.15, 0.2) is 53.6 Å². The number of aliphatic hydroxyl groups excluding tert-OH is 1. The number of fused-ring (bicyclic) bond motifs is 2. The fourth-order valence-electron chi connectivity index (χ4n) is 5.39. The Bertz CT molecular complexity index is 1640. The lowest BCUT2D eigenvalue weighted by Gasteiger charge is -2.36. The van der Waals surface area contributed by atoms with Crippen LogP contribution in [0.1, 0.15) is 11.1 Å². The number of alkyl halides is 2. The quantitative estimate of drug-likeness (QED) is 0.362. The van der Waals surface area contributed by atoms with Crippen LogP contribution in [0.4, 0.5) is 19.5 Å². The van der Waals surface area contributed by atoms with Gasteiger partial charge in [0.15, 0.2) is 0 Å². The van der Waals surface area contributed by atoms with Crippen molar-refractivity contribution in [2.24, 2.45) is 7.05 Å². The van der Waals surface area contributed by atoms with Gasteiger partial charge in [0.1, 0.15) is 5.75 Å². The number of halogens is 2. The van der Waals surface area contributed by atoms with Gasteiger partial charge in [0.2, 0.25) is 5.95 Å². The lowest BCUT2D eigenvalue weighted by atomic mass is 10.1. The van der Waals surface area contributed by atoms with Gasteiger partial charge in [-0.1, -0.05) is 12.1 Å². The number of ether oxygens (including phenoxy) is 1. The van der Waals surface area contributed by atoms with Gasteiger partial charge in [-0.05, 0) is 35.4 Å². The average Bonchev–Trinajstić information content (AvgIpc) is 3.45. The fourth-order valence-corrected chi connectivity index (χ4v) is 5.39. The van der Waals surface area contributed by atoms with E-state index in [1.54, 1.807) is 36.3 Å². The molecule has 1 atom stereocenters. The minimum atomic E-state index is -3.01. The van der Waals surface area contributed by atoms with Gasteiger partial charge in [-0.2, -0.15) is 8.78 Å². The number of nitrogens with zero attached hydrogens (tertiary/aromatic N) is 6. The first kappa shape index (κ1) is 25.7. The standard InChI is InChI=1S/C27H27F2N7O4/c1-33-24(38)21-4-3-17(9-22(21)36(33)13-18-8-16(15-37)2-5-23(18)40-25(28)29)19-10-30-26(31-11-19)34-6-7-35-20(14-34)12-32-27(35)39/h2-5,8-11,20,25,37H,6-7,12-15H2,1H3,(H,32,39)/t20-/m1/s1. The van der Waals surface area contributed by atoms with Crippen molar-refractivity contribution in [1.82, 2.24) is 29.5 Å². The maximum absolute atomic E-state index is 13.1. The smallest absolute Gasteiger partial charge is 0.387 e. The number of nitrogens with one attached hydrogen (secondary N) is 1. The maximum Gasteiger partial charge on any atom is 0.387 e. The lowest BCUT2D eigenvalue weighted by molar-refractivity contribution is -0.0505. The lowest BCUT2D eigenvalue weighted by Crippen LogP contribution is -2.52. The van der Waals surface area contributed by atoms with Gasteiger partial charge in [-0.25, -0.2) is 14.8 Å². The Hall–Kier alpha value is -4.52. The molecular formula is C27H27F2N7O4. The summed E-state index contributed by atoms with van der Waals surface area (Å²) in [6, 6.07) is 9.93. The van der Waals surface area contributed by atoms with E-state index < -0.39 is 6.61 Å². The number of benzene rings is 2. The van der Waals surface area contributed by atoms with E-state index in [9.17, 15) is 23.5 Å². The highest BCUT2D eigenvalue weighted by molar-refractivity contribution is 5.84. The summed E-state index contributed by atoms with van der Waals surface area (Å²) in [5, 5.41) is 12.9. The Morgan fingerprint density at radius 3 is 2.65 bits per heavy atom. The van der Waals surface area contributed by atoms with Gasteiger partial charge in [-0.3, -0.25) is 14.2 Å². The molecule has 2 fully saturated rings. The average molecular weight is 552 g/mol. The first-order valence-electron chi connectivity index (χ1n) is 12.8. The molecule has 11 nitrogen and oxygen atoms in total. The molecule has 40 heavy (non-hydrogen) atoms. The molecule has 2 amide bonds. The number of urea groups is 1. The molecule has 6 rings (SSSR count). The third-order valence-corrected chi connectivity index (χ3v) is 7.49. The van der Waals surface area contributed by atoms with Crippen molar-refractivity contribution < 1.29 is 23.4 Å². The van der Waals surface area contributed by atoms with E-state index in [2.05, 4.69) is 20.2 Å². The number of piperazine rings is 1. The van der Waals surface area contributed by atoms with Gasteiger partial charge in [0, 0.05) is 56.7 Å². The van der Waals surface area contributed by atoms with Crippen molar-refractivity contribution in [2.45, 2.75) is 25.8 Å². The highest BCUT2D eigenvalue weighted by Crippen LogP contribution is 2.28. The summed E-state index contributed by atoms with van der Waals surface area (Å²) in [5.74, 6) is 0.552. The molecule has 0 radical (unpaired) electrons. The number of aliphatic hydroxyl groups is 1. The van der Waals surface area contributed by atoms with Crippen LogP contribution < -0.4 is 20.5 Å². The Morgan fingerprint density at radius 2 is 1.90 bits per heavy atom. The number of hydrogen-bond acceptors (Lipinski definition) is 7. The summed E-state index contributed by atoms with van der Waals surface area (Å²) in [6.45, 7) is -0.718. The molecule has 0 bridgehead atoms. The molecule has 208 valence electrons. The van der Waals surface area contributed by atoms with Crippen molar-refractivity contribution >= 4 is 22.9 Å². The summed E-state index contributed by atoms with van der Waals surface area (Å²) in [5.41, 5.74) is 2.82. The number of hydrogen-bond donors (Lipinski definition) is 2. The van der Waals surface area contributed by atoms with Crippen molar-refractivity contribution in [3.63, 3.8) is 0 Å². The number of amides is 2. The summed E-state index contributed by atoms with van der Waals surface area (Å²) in [4.78, 5) is 37.9. The second kappa shape index (κ2) is 10.2. The number of carbonyl (C=O) groups is 1. The molecule has 2 aliphatic rings. The topological polar surface area (TPSA) is 118 Å². The summed E-state index contributed by atoms with van der Waals surface area (Å²) in [7, 11) is 1.61. The largest absolute Gasteiger partial charge is 0.434 e. The number of carbonyl (C=O) groups excluding carboxylic acids is 1. The molecule has 4 aromatic rings. The first-order chi connectivity index (χ1) is 19.3. The zero-order valence-electron chi connectivity index (χ0n) is 21.6. The second-order valence-electron chi connectivity index (χ2n) is 9.85. The minimum absolute atomic E-state index is 0.0276. The van der Waals surface area contributed by atoms with Gasteiger partial charge < -0.3 is 25.0 Å². The van der Waals surface area contributed by atoms with Crippen molar-refractivity contribution in [1.29, 1.82) is 0 Å². The van der Waals surface area contributed by atoms with E-state index in [4.69, 9.17) is 4.74 Å². The van der Waals surface area contributed by atoms with Crippen molar-refractivity contribution in [3.8, 4) is 16.9 Å². The number of anilines is 1. The number of rotatable bonds is 7. The van der Waals surface area contributed by atoms with Crippen LogP contribution in [0.2, 0.25) is 0 Å². The molecule has 0 unspecified atom stereocenters. The third kappa shape index (κ3) is 4.62. The van der Waals surface area contributed by atoms with Crippen LogP contribution in [0.25, 0.3) is 22.0 Å². The van der Waals surface area contributed by atoms with Crippen molar-refractivity contribution in [3.05, 3.63) is 70.3 Å². The summed E-state index contributed by atoms with van der Waals surface area (Å²) in [6.07, 6.45) is 3.44. The summed E-state index contributed by atoms with van der Waals surface area (Å²) < 4.78 is 33.9. The zero-order chi connectivity index (χ0) is 28.0. The Morgan fingerprint density at radius 1 is 1.10 bits per heavy atom. The number of aromatic nitrogens is 4. The van der Waals surface area contributed by atoms with E-state index in [0.29, 0.717) is 54.2 Å². The predicted octanol–water partition coefficient (Wildman–Crippen LogP) is 2.15. The van der Waals surface area contributed by atoms with Gasteiger partial charge in [0.05, 0.1) is 30.1 Å². The Balaban J connectivity index is 1.30. The Labute approximate surface area is 227 Å². The zero-order valence-corrected chi connectivity index (χ0v) is 21.6. The molecule has 2 aromatic carbocycles. The highest BCUT2D eigenvalue weighted by atomic mass is 19.3. The van der Waals surface area contributed by atoms with Crippen LogP contribution in [0, 0.1) is 0 Å². The van der Waals surface area contributed by atoms with E-state index in [-0.39, 0.29) is 36.5 Å². The molecular weight excluding hydrogens is 524 g/mol. The van der Waals surface area contributed by atoms with Crippen LogP contribution in [-0.4, -0.2) is 74.2 Å². The van der Waals surface area contributed by atoms with Gasteiger partial charge >= 0.3 is 12.6 Å². The second-order valence-corrected chi connectivity index (χ2v) is 9.85. The molecule has 2 aliphatic heterocycles. The third-order valence-electron chi connectivity index (χ3n) is 7.49. The highest BCUT2D eigenvalue weighted by Gasteiger charge is 2.36. The van der Waals surface area contributed by atoms with E-state index in [1.165, 1.54) is 16.8 Å². The van der Waals surface area contributed by atoms with Crippen molar-refractivity contribution in [2.75, 3.05) is 31.1 Å². The molecule has 2 N–H and O–H groups in total. The molecule has 13 heteroatoms. The van der Waals surface area contributed by atoms with Gasteiger partial charge in [0.25, 0.3) is 5.56 Å². The SMILES string of the molecule is Cn1c(=O)c2ccc(-c3cnc(N4CCN5C(=O)NC[C@@H]5C4)nc3)cc2n1Cc1cc(CO)ccc1OC(F)F. The van der Waals surface area contributed by atoms with Crippen LogP contribution in [0.5, 0.6) is 5.75 Å². The summed E-state index contributed by atoms with van der Waals surface area (Å²) >= 11 is 0. The molecule has 0 saturated carbocycles. The molecule has 0 spiro atoms. The minimum Gasteiger partial charge on any atom is -0.434 e. The predicted molar refractivity (Wildman–Crippen MR) is 142 cm³/mol. The normalized spacial score (nSPS) is 17.0. The van der Waals surface area contributed by atoms with Crippen LogP contribution in [0.3, 0.4) is 0 Å². The monoisotopic (exact) mass is 551 g/mol.